The summed E-state index contributed by atoms with van der Waals surface area (Å²) < 4.78 is 287. The number of aliphatic hydroxyl groups is 2. The van der Waals surface area contributed by atoms with Gasteiger partial charge in [-0.1, -0.05) is 47.5 Å². The van der Waals surface area contributed by atoms with Gasteiger partial charge in [0.15, 0.2) is 17.3 Å². The molecular formula is C52H45Cl2F35N6O7. The topological polar surface area (TPSA) is 202 Å². The van der Waals surface area contributed by atoms with Crippen LogP contribution in [0.2, 0.25) is 10.0 Å². The molecule has 4 aromatic carbocycles. The predicted molar refractivity (Wildman–Crippen MR) is 296 cm³/mol. The molecule has 13 nitrogen and oxygen atoms in total. The Morgan fingerprint density at radius 3 is 1.14 bits per heavy atom. The van der Waals surface area contributed by atoms with Gasteiger partial charge < -0.3 is 26.4 Å². The first kappa shape index (κ1) is 114. The van der Waals surface area contributed by atoms with Crippen LogP contribution in [0.4, 0.5) is 171 Å². The highest BCUT2D eigenvalue weighted by molar-refractivity contribution is 6.31. The maximum Gasteiger partial charge on any atom is 0.354 e. The van der Waals surface area contributed by atoms with Crippen molar-refractivity contribution >= 4 is 69.3 Å². The average molecular weight is 1600 g/mol. The zero-order chi connectivity index (χ0) is 81.3. The number of nitrogens with two attached hydrogens (primary N) is 1. The third-order valence-corrected chi connectivity index (χ3v) is 12.7. The SMILES string of the molecule is Cc1ccc2ncc(C(=O)Nc3cc(C(=O)C[C@@H]4c5cc(Cl)ccc5C[C@@H]4O)ccc3F)n2c1.Cc1ccc2ncc(C(=O)O)n2c1.F.FF.FF.FF.FF.FF.FF.FF.FF.FF.FF.FF.FF.FF.FF.FF.FF.Nc1cc(C(=O)C[C@@H]2c3cc(Cl)ccc3C[C@@H]2O)ccc1F. The van der Waals surface area contributed by atoms with E-state index >= 15 is 0 Å². The number of hydrogen-bond donors (Lipinski definition) is 5. The molecule has 2 aliphatic rings. The fourth-order valence-electron chi connectivity index (χ4n) is 8.67. The maximum atomic E-state index is 14.5. The summed E-state index contributed by atoms with van der Waals surface area (Å²) >= 11 is 12.1. The smallest absolute Gasteiger partial charge is 0.354 e. The van der Waals surface area contributed by atoms with Gasteiger partial charge in [0.1, 0.15) is 28.6 Å². The molecule has 0 bridgehead atoms. The van der Waals surface area contributed by atoms with Crippen LogP contribution in [0, 0.1) is 25.5 Å². The van der Waals surface area contributed by atoms with Gasteiger partial charge in [-0.2, -0.15) is 0 Å². The van der Waals surface area contributed by atoms with Gasteiger partial charge in [-0.3, -0.25) is 27.9 Å². The molecule has 8 aromatic rings. The minimum Gasteiger partial charge on any atom is -0.477 e. The number of rotatable bonds is 9. The van der Waals surface area contributed by atoms with Crippen molar-refractivity contribution in [1.29, 1.82) is 0 Å². The first-order chi connectivity index (χ1) is 48.9. The van der Waals surface area contributed by atoms with Crippen LogP contribution in [0.25, 0.3) is 11.3 Å². The van der Waals surface area contributed by atoms with Crippen LogP contribution in [-0.4, -0.2) is 69.7 Å². The van der Waals surface area contributed by atoms with Crippen LogP contribution in [0.5, 0.6) is 0 Å². The monoisotopic (exact) mass is 1600 g/mol. The second-order valence-electron chi connectivity index (χ2n) is 17.0. The van der Waals surface area contributed by atoms with Crippen LogP contribution < -0.4 is 11.1 Å². The quantitative estimate of drug-likeness (QED) is 0.0526. The van der Waals surface area contributed by atoms with Crippen LogP contribution in [0.1, 0.15) is 99.8 Å². The van der Waals surface area contributed by atoms with Crippen LogP contribution >= 0.6 is 23.2 Å². The van der Waals surface area contributed by atoms with E-state index in [2.05, 4.69) is 15.3 Å². The average Bonchev–Trinajstić information content (AvgIpc) is 1.65. The van der Waals surface area contributed by atoms with Crippen molar-refractivity contribution in [2.75, 3.05) is 11.1 Å². The number of benzene rings is 4. The van der Waals surface area contributed by atoms with E-state index in [0.29, 0.717) is 39.7 Å². The van der Waals surface area contributed by atoms with Crippen molar-refractivity contribution in [2.24, 2.45) is 0 Å². The molecule has 50 heteroatoms. The van der Waals surface area contributed by atoms with E-state index in [1.54, 1.807) is 57.6 Å². The van der Waals surface area contributed by atoms with E-state index in [4.69, 9.17) is 180 Å². The maximum absolute atomic E-state index is 14.5. The van der Waals surface area contributed by atoms with Crippen molar-refractivity contribution in [3.8, 4) is 0 Å². The normalized spacial score (nSPS) is 12.3. The summed E-state index contributed by atoms with van der Waals surface area (Å²) in [5, 5.41) is 33.2. The number of carboxylic acids is 1. The van der Waals surface area contributed by atoms with Crippen molar-refractivity contribution in [3.63, 3.8) is 0 Å². The Bertz CT molecular complexity index is 3400. The number of nitrogens with zero attached hydrogens (tertiary/aromatic N) is 4. The molecule has 0 saturated carbocycles. The summed E-state index contributed by atoms with van der Waals surface area (Å²) in [5.41, 5.74) is 13.3. The third kappa shape index (κ3) is 37.7. The number of aromatic carboxylic acids is 1. The number of aliphatic hydroxyl groups excluding tert-OH is 2. The first-order valence-electron chi connectivity index (χ1n) is 24.0. The molecule has 0 unspecified atom stereocenters. The van der Waals surface area contributed by atoms with E-state index < -0.39 is 41.6 Å². The van der Waals surface area contributed by atoms with Gasteiger partial charge in [-0.15, -0.1) is 0 Å². The van der Waals surface area contributed by atoms with Crippen LogP contribution in [-0.2, 0) is 12.8 Å². The van der Waals surface area contributed by atoms with Gasteiger partial charge in [0.05, 0.1) is 36.0 Å². The Hall–Kier alpha value is -9.61. The lowest BCUT2D eigenvalue weighted by Gasteiger charge is -2.16. The fourth-order valence-corrected chi connectivity index (χ4v) is 9.03. The highest BCUT2D eigenvalue weighted by atomic mass is 35.5. The summed E-state index contributed by atoms with van der Waals surface area (Å²) in [6.45, 7) is 3.80. The number of halogens is 37. The van der Waals surface area contributed by atoms with E-state index in [9.17, 15) is 38.2 Å². The van der Waals surface area contributed by atoms with Crippen molar-refractivity contribution in [3.05, 3.63) is 199 Å². The van der Waals surface area contributed by atoms with Crippen LogP contribution in [0.15, 0.2) is 122 Å². The number of nitrogens with one attached hydrogen (secondary N) is 1. The number of pyridine rings is 2. The van der Waals surface area contributed by atoms with Gasteiger partial charge in [0.2, 0.25) is 0 Å². The molecule has 0 aliphatic heterocycles. The number of anilines is 2. The molecular weight excluding hydrogens is 1560 g/mol. The number of aryl methyl sites for hydroxylation is 2. The van der Waals surface area contributed by atoms with Crippen LogP contribution in [0.3, 0.4) is 0 Å². The van der Waals surface area contributed by atoms with Gasteiger partial charge >= 0.3 is 5.97 Å². The highest BCUT2D eigenvalue weighted by Gasteiger charge is 2.34. The van der Waals surface area contributed by atoms with Gasteiger partial charge in [0, 0.05) is 205 Å². The number of fused-ring (bicyclic) bond motifs is 4. The molecule has 4 aromatic heterocycles. The minimum absolute atomic E-state index is 0. The standard InChI is InChI=1S/C26H21ClFN3O3.C17H15ClFNO2.C9H8N2O2.16F2.FH/c1-14-2-7-25-29-12-22(31(25)13-14)26(34)30-21-8-16(4-6-20(21)28)23(32)11-19-18-10-17(27)5-3-15(18)9-24(19)33;18-11-3-1-9-6-17(22)13(12(9)7-11)8-16(21)10-2-4-14(19)15(20)5-10;1-6-2-3-8-10-4-7(9(12)13)11(8)5-6;16*1-2;/h2-8,10,12-13,19,24,33H,9,11H2,1H3,(H,30,34);1-5,7,13,17,22H,6,8,20H2;2-5H,1H3,(H,12,13);;;;;;;;;;;;;;;;;1H/t19-,24+;13-,17+;;;;;;;;;;;;;;;;;;/m11................../s1. The number of Topliss-reactive ketones (excluding diaryl/α,β-unsaturated/α-hetero) is 2. The summed E-state index contributed by atoms with van der Waals surface area (Å²) in [7, 11) is 0. The predicted octanol–water partition coefficient (Wildman–Crippen LogP) is 23.2. The van der Waals surface area contributed by atoms with Gasteiger partial charge in [0.25, 0.3) is 5.91 Å². The number of carboxylic acid groups (broad SMARTS) is 1. The highest BCUT2D eigenvalue weighted by Crippen LogP contribution is 2.40. The number of carbonyl (C=O) groups is 4. The zero-order valence-electron chi connectivity index (χ0n) is 49.5. The summed E-state index contributed by atoms with van der Waals surface area (Å²) in [6.07, 6.45) is 6.13. The number of nitrogen functional groups attached to an aromatic ring is 1. The lowest BCUT2D eigenvalue weighted by molar-refractivity contribution is 0.0688. The molecule has 10 rings (SSSR count). The Morgan fingerprint density at radius 1 is 0.471 bits per heavy atom. The molecule has 1 amide bonds. The molecule has 2 aliphatic carbocycles. The molecule has 6 N–H and O–H groups in total. The number of aromatic nitrogens is 4. The second kappa shape index (κ2) is 72.6. The van der Waals surface area contributed by atoms with Crippen molar-refractivity contribution in [2.45, 2.75) is 63.6 Å². The molecule has 102 heavy (non-hydrogen) atoms. The van der Waals surface area contributed by atoms with E-state index in [1.807, 2.05) is 38.1 Å². The van der Waals surface area contributed by atoms with E-state index in [1.165, 1.54) is 42.7 Å². The molecule has 4 heterocycles. The molecule has 0 radical (unpaired) electrons. The largest absolute Gasteiger partial charge is 0.477 e. The Morgan fingerprint density at radius 2 is 0.794 bits per heavy atom. The number of imidazole rings is 2. The third-order valence-electron chi connectivity index (χ3n) is 12.2. The molecule has 0 fully saturated rings. The summed E-state index contributed by atoms with van der Waals surface area (Å²) in [4.78, 5) is 57.2. The fraction of sp³-hybridized carbons (Fsp3) is 0.192. The second-order valence-corrected chi connectivity index (χ2v) is 17.9. The Kier molecular flexibility index (Phi) is 81.0. The van der Waals surface area contributed by atoms with Gasteiger partial charge in [-0.25, -0.2) is 23.5 Å². The number of hydrogen-bond acceptors (Lipinski definition) is 9. The number of carbonyl (C=O) groups excluding carboxylic acids is 3. The Balaban J connectivity index is -0.000000135. The molecule has 0 spiro atoms. The summed E-state index contributed by atoms with van der Waals surface area (Å²) in [6, 6.07) is 26.0. The van der Waals surface area contributed by atoms with E-state index in [0.717, 1.165) is 39.4 Å². The Labute approximate surface area is 555 Å². The lowest BCUT2D eigenvalue weighted by atomic mass is 9.91. The van der Waals surface area contributed by atoms with Gasteiger partial charge in [-0.05, 0) is 133 Å². The zero-order valence-corrected chi connectivity index (χ0v) is 51.1. The first-order valence-corrected chi connectivity index (χ1v) is 24.7. The molecule has 584 valence electrons. The molecule has 4 atom stereocenters. The van der Waals surface area contributed by atoms with E-state index in [-0.39, 0.29) is 63.4 Å². The molecule has 0 saturated heterocycles. The lowest BCUT2D eigenvalue weighted by Crippen LogP contribution is -2.18. The van der Waals surface area contributed by atoms with Crippen molar-refractivity contribution in [1.82, 2.24) is 18.8 Å². The number of amides is 1. The van der Waals surface area contributed by atoms with Crippen molar-refractivity contribution < 1.29 is 194 Å². The number of ketones is 2. The summed E-state index contributed by atoms with van der Waals surface area (Å²) in [5.74, 6) is -3.85. The minimum atomic E-state index is -0.960.